The topological polar surface area (TPSA) is 101 Å². The Morgan fingerprint density at radius 3 is 2.30 bits per heavy atom. The molecular weight excluding hydrogens is 442 g/mol. The fourth-order valence-electron chi connectivity index (χ4n) is 4.50. The summed E-state index contributed by atoms with van der Waals surface area (Å²) in [6, 6.07) is 5.55. The molecule has 2 unspecified atom stereocenters. The largest absolute Gasteiger partial charge is 0.460 e. The van der Waals surface area contributed by atoms with E-state index in [-0.39, 0.29) is 30.3 Å². The van der Waals surface area contributed by atoms with E-state index in [1.807, 2.05) is 40.7 Å². The molecule has 0 spiro atoms. The maximum absolute atomic E-state index is 13.3. The molecule has 2 atom stereocenters. The quantitative estimate of drug-likeness (QED) is 0.510. The lowest BCUT2D eigenvalue weighted by Gasteiger charge is -2.23. The molecule has 0 bridgehead atoms. The molecule has 2 aromatic rings. The second-order valence-electron chi connectivity index (χ2n) is 8.88. The van der Waals surface area contributed by atoms with E-state index in [2.05, 4.69) is 0 Å². The van der Waals surface area contributed by atoms with Crippen molar-refractivity contribution in [3.8, 4) is 0 Å². The lowest BCUT2D eigenvalue weighted by atomic mass is 9.92. The van der Waals surface area contributed by atoms with E-state index in [1.54, 1.807) is 12.1 Å². The smallest absolute Gasteiger partial charge is 0.324 e. The molecule has 1 fully saturated rings. The first kappa shape index (κ1) is 25.1. The van der Waals surface area contributed by atoms with Gasteiger partial charge in [0.05, 0.1) is 11.0 Å². The number of β-amino-alcohol motifs (C(OH)–C–C–N with tert-alkyl or cyclic N) is 1. The number of rotatable bonds is 6. The number of hydrogen-bond donors (Lipinski definition) is 1. The first-order valence-corrected chi connectivity index (χ1v) is 12.3. The number of ether oxygens (including phenoxy) is 1. The Labute approximate surface area is 195 Å². The summed E-state index contributed by atoms with van der Waals surface area (Å²) >= 11 is 0. The van der Waals surface area contributed by atoms with Crippen LogP contribution in [0.15, 0.2) is 29.2 Å². The fourth-order valence-corrected chi connectivity index (χ4v) is 6.22. The molecule has 8 heteroatoms. The van der Waals surface area contributed by atoms with Crippen LogP contribution in [0.1, 0.15) is 57.1 Å². The van der Waals surface area contributed by atoms with Crippen LogP contribution in [0.2, 0.25) is 0 Å². The molecule has 0 amide bonds. The van der Waals surface area contributed by atoms with Gasteiger partial charge in [0.1, 0.15) is 12.6 Å². The SMILES string of the molecule is CC(=O)c1c(C)cc(C)c(COC(=O)C2CC(O)CN2S(=O)(=O)c2ccc(C)c(C)c2)c1C. The maximum atomic E-state index is 13.3. The van der Waals surface area contributed by atoms with Crippen molar-refractivity contribution in [2.75, 3.05) is 6.54 Å². The van der Waals surface area contributed by atoms with Crippen molar-refractivity contribution in [3.05, 3.63) is 63.2 Å². The molecule has 1 saturated heterocycles. The third-order valence-electron chi connectivity index (χ3n) is 6.43. The summed E-state index contributed by atoms with van der Waals surface area (Å²) in [5, 5.41) is 10.2. The first-order chi connectivity index (χ1) is 15.3. The van der Waals surface area contributed by atoms with E-state index < -0.39 is 28.1 Å². The van der Waals surface area contributed by atoms with Crippen LogP contribution in [0.3, 0.4) is 0 Å². The highest BCUT2D eigenvalue weighted by molar-refractivity contribution is 7.89. The predicted molar refractivity (Wildman–Crippen MR) is 125 cm³/mol. The molecule has 1 aliphatic rings. The number of esters is 1. The third-order valence-corrected chi connectivity index (χ3v) is 8.30. The highest BCUT2D eigenvalue weighted by atomic mass is 32.2. The minimum Gasteiger partial charge on any atom is -0.460 e. The summed E-state index contributed by atoms with van der Waals surface area (Å²) in [5.74, 6) is -0.787. The van der Waals surface area contributed by atoms with Gasteiger partial charge in [-0.15, -0.1) is 0 Å². The Bertz CT molecular complexity index is 1220. The van der Waals surface area contributed by atoms with Crippen molar-refractivity contribution in [2.45, 2.75) is 71.6 Å². The number of aliphatic hydroxyl groups is 1. The highest BCUT2D eigenvalue weighted by Gasteiger charge is 2.44. The summed E-state index contributed by atoms with van der Waals surface area (Å²) < 4.78 is 33.1. The van der Waals surface area contributed by atoms with Crippen molar-refractivity contribution >= 4 is 21.8 Å². The fraction of sp³-hybridized carbons (Fsp3) is 0.440. The van der Waals surface area contributed by atoms with E-state index in [0.29, 0.717) is 5.56 Å². The Balaban J connectivity index is 1.86. The van der Waals surface area contributed by atoms with Gasteiger partial charge in [-0.25, -0.2) is 8.42 Å². The van der Waals surface area contributed by atoms with E-state index >= 15 is 0 Å². The van der Waals surface area contributed by atoms with Crippen LogP contribution in [0.5, 0.6) is 0 Å². The van der Waals surface area contributed by atoms with Gasteiger partial charge in [-0.2, -0.15) is 4.31 Å². The van der Waals surface area contributed by atoms with Crippen LogP contribution < -0.4 is 0 Å². The second-order valence-corrected chi connectivity index (χ2v) is 10.8. The molecular formula is C25H31NO6S. The number of Topliss-reactive ketones (excluding diaryl/α,β-unsaturated/α-hetero) is 1. The number of nitrogens with zero attached hydrogens (tertiary/aromatic N) is 1. The lowest BCUT2D eigenvalue weighted by molar-refractivity contribution is -0.148. The Kier molecular flexibility index (Phi) is 7.12. The van der Waals surface area contributed by atoms with Crippen LogP contribution in [0.25, 0.3) is 0 Å². The van der Waals surface area contributed by atoms with Crippen LogP contribution in [-0.4, -0.2) is 48.3 Å². The molecule has 0 aliphatic carbocycles. The summed E-state index contributed by atoms with van der Waals surface area (Å²) in [5.41, 5.74) is 5.59. The Morgan fingerprint density at radius 1 is 1.03 bits per heavy atom. The predicted octanol–water partition coefficient (Wildman–Crippen LogP) is 3.30. The zero-order chi connectivity index (χ0) is 24.7. The van der Waals surface area contributed by atoms with Gasteiger partial charge in [-0.1, -0.05) is 12.1 Å². The lowest BCUT2D eigenvalue weighted by Crippen LogP contribution is -2.41. The molecule has 0 saturated carbocycles. The average Bonchev–Trinajstić information content (AvgIpc) is 3.11. The number of carbonyl (C=O) groups excluding carboxylic acids is 2. The van der Waals surface area contributed by atoms with Crippen molar-refractivity contribution in [1.82, 2.24) is 4.31 Å². The van der Waals surface area contributed by atoms with Crippen LogP contribution in [0, 0.1) is 34.6 Å². The molecule has 3 rings (SSSR count). The number of hydrogen-bond acceptors (Lipinski definition) is 6. The van der Waals surface area contributed by atoms with Crippen molar-refractivity contribution in [3.63, 3.8) is 0 Å². The summed E-state index contributed by atoms with van der Waals surface area (Å²) in [7, 11) is -4.00. The molecule has 1 heterocycles. The monoisotopic (exact) mass is 473 g/mol. The van der Waals surface area contributed by atoms with E-state index in [0.717, 1.165) is 37.7 Å². The normalized spacial score (nSPS) is 19.0. The maximum Gasteiger partial charge on any atom is 0.324 e. The molecule has 0 radical (unpaired) electrons. The standard InChI is InChI=1S/C25H31NO6S/c1-14-7-8-21(10-15(14)2)33(30,31)26-12-20(28)11-23(26)25(29)32-13-22-16(3)9-17(4)24(18(22)5)19(6)27/h7-10,20,23,28H,11-13H2,1-6H3. The molecule has 7 nitrogen and oxygen atoms in total. The minimum atomic E-state index is -4.00. The van der Waals surface area contributed by atoms with E-state index in [9.17, 15) is 23.1 Å². The molecule has 33 heavy (non-hydrogen) atoms. The van der Waals surface area contributed by atoms with Gasteiger partial charge in [-0.05, 0) is 87.1 Å². The molecule has 1 aliphatic heterocycles. The zero-order valence-electron chi connectivity index (χ0n) is 19.9. The number of benzene rings is 2. The van der Waals surface area contributed by atoms with Gasteiger partial charge in [0.2, 0.25) is 10.0 Å². The third kappa shape index (κ3) is 4.88. The number of ketones is 1. The highest BCUT2D eigenvalue weighted by Crippen LogP contribution is 2.29. The minimum absolute atomic E-state index is 0.0343. The Morgan fingerprint density at radius 2 is 1.70 bits per heavy atom. The van der Waals surface area contributed by atoms with Crippen molar-refractivity contribution in [1.29, 1.82) is 0 Å². The molecule has 0 aromatic heterocycles. The number of carbonyl (C=O) groups is 2. The van der Waals surface area contributed by atoms with Gasteiger partial charge in [0.25, 0.3) is 0 Å². The zero-order valence-corrected chi connectivity index (χ0v) is 20.7. The van der Waals surface area contributed by atoms with Crippen LogP contribution in [0.4, 0.5) is 0 Å². The molecule has 178 valence electrons. The average molecular weight is 474 g/mol. The summed E-state index contributed by atoms with van der Waals surface area (Å²) in [4.78, 5) is 25.1. The number of aliphatic hydroxyl groups excluding tert-OH is 1. The van der Waals surface area contributed by atoms with Gasteiger partial charge in [0.15, 0.2) is 5.78 Å². The van der Waals surface area contributed by atoms with E-state index in [1.165, 1.54) is 13.0 Å². The van der Waals surface area contributed by atoms with Crippen LogP contribution in [-0.2, 0) is 26.2 Å². The second kappa shape index (κ2) is 9.37. The molecule has 1 N–H and O–H groups in total. The summed E-state index contributed by atoms with van der Waals surface area (Å²) in [6.07, 6.45) is -0.996. The van der Waals surface area contributed by atoms with Gasteiger partial charge in [-0.3, -0.25) is 9.59 Å². The van der Waals surface area contributed by atoms with Crippen molar-refractivity contribution in [2.24, 2.45) is 0 Å². The number of sulfonamides is 1. The number of aryl methyl sites for hydroxylation is 4. The van der Waals surface area contributed by atoms with Gasteiger partial charge in [0, 0.05) is 18.5 Å². The van der Waals surface area contributed by atoms with E-state index in [4.69, 9.17) is 4.74 Å². The van der Waals surface area contributed by atoms with Crippen molar-refractivity contribution < 1.29 is 27.9 Å². The Hall–Kier alpha value is -2.55. The molecule has 2 aromatic carbocycles. The summed E-state index contributed by atoms with van der Waals surface area (Å²) in [6.45, 7) is 10.5. The first-order valence-electron chi connectivity index (χ1n) is 10.9. The van der Waals surface area contributed by atoms with Gasteiger partial charge < -0.3 is 9.84 Å². The van der Waals surface area contributed by atoms with Gasteiger partial charge >= 0.3 is 5.97 Å². The van der Waals surface area contributed by atoms with Crippen LogP contribution >= 0.6 is 0 Å².